The van der Waals surface area contributed by atoms with Crippen LogP contribution in [0, 0.1) is 0 Å². The minimum absolute atomic E-state index is 0.0335. The Balaban J connectivity index is 2.81. The monoisotopic (exact) mass is 385 g/mol. The number of esters is 1. The number of para-hydroxylation sites is 1. The molecule has 1 atom stereocenters. The predicted molar refractivity (Wildman–Crippen MR) is 91.0 cm³/mol. The molecular weight excluding hydrogens is 367 g/mol. The van der Waals surface area contributed by atoms with Crippen molar-refractivity contribution in [1.29, 1.82) is 0 Å². The second kappa shape index (κ2) is 7.65. The van der Waals surface area contributed by atoms with Crippen molar-refractivity contribution < 1.29 is 37.3 Å². The number of rotatable bonds is 6. The van der Waals surface area contributed by atoms with Gasteiger partial charge in [0.1, 0.15) is 0 Å². The molecule has 0 aliphatic heterocycles. The Bertz CT molecular complexity index is 785. The van der Waals surface area contributed by atoms with Crippen molar-refractivity contribution in [2.24, 2.45) is 0 Å². The summed E-state index contributed by atoms with van der Waals surface area (Å²) in [5, 5.41) is 12.2. The highest BCUT2D eigenvalue weighted by Crippen LogP contribution is 2.47. The van der Waals surface area contributed by atoms with Crippen LogP contribution in [0.2, 0.25) is 0 Å². The molecule has 0 radical (unpaired) electrons. The molecule has 2 rings (SSSR count). The van der Waals surface area contributed by atoms with Gasteiger partial charge in [0, 0.05) is 11.3 Å². The van der Waals surface area contributed by atoms with Crippen LogP contribution in [-0.2, 0) is 15.1 Å². The minimum atomic E-state index is -5.11. The van der Waals surface area contributed by atoms with E-state index in [1.165, 1.54) is 24.3 Å². The number of methoxy groups -OCH3 is 3. The van der Waals surface area contributed by atoms with Crippen LogP contribution in [0.4, 0.5) is 18.9 Å². The summed E-state index contributed by atoms with van der Waals surface area (Å²) < 4.78 is 57.1. The van der Waals surface area contributed by atoms with Crippen molar-refractivity contribution >= 4 is 11.7 Å². The third-order valence-electron chi connectivity index (χ3n) is 3.94. The van der Waals surface area contributed by atoms with Crippen LogP contribution in [-0.4, -0.2) is 38.6 Å². The first kappa shape index (κ1) is 20.2. The maximum atomic E-state index is 14.2. The molecule has 2 aromatic carbocycles. The highest BCUT2D eigenvalue weighted by Gasteiger charge is 2.63. The Morgan fingerprint density at radius 2 is 1.52 bits per heavy atom. The lowest BCUT2D eigenvalue weighted by atomic mass is 9.87. The Hall–Kier alpha value is -3.10. The molecule has 6 nitrogen and oxygen atoms in total. The fourth-order valence-electron chi connectivity index (χ4n) is 2.59. The molecular formula is C18H18F3NO5. The number of hydrogen-bond acceptors (Lipinski definition) is 6. The SMILES string of the molecule is COC(=O)[C@@](Nc1ccccc1)(c1cc(OC)c(O)c(OC)c1)C(F)(F)F. The van der Waals surface area contributed by atoms with Gasteiger partial charge in [0.05, 0.1) is 21.3 Å². The smallest absolute Gasteiger partial charge is 0.426 e. The van der Waals surface area contributed by atoms with E-state index in [0.717, 1.165) is 33.5 Å². The average Bonchev–Trinajstić information content (AvgIpc) is 2.65. The van der Waals surface area contributed by atoms with Crippen molar-refractivity contribution in [2.75, 3.05) is 26.6 Å². The molecule has 0 unspecified atom stereocenters. The number of phenols is 1. The zero-order valence-electron chi connectivity index (χ0n) is 14.8. The molecule has 0 spiro atoms. The molecule has 9 heteroatoms. The van der Waals surface area contributed by atoms with Gasteiger partial charge in [-0.15, -0.1) is 0 Å². The second-order valence-electron chi connectivity index (χ2n) is 5.46. The van der Waals surface area contributed by atoms with E-state index in [1.807, 2.05) is 0 Å². The van der Waals surface area contributed by atoms with Gasteiger partial charge in [0.15, 0.2) is 11.5 Å². The fourth-order valence-corrected chi connectivity index (χ4v) is 2.59. The lowest BCUT2D eigenvalue weighted by molar-refractivity contribution is -0.201. The van der Waals surface area contributed by atoms with Gasteiger partial charge in [-0.3, -0.25) is 0 Å². The van der Waals surface area contributed by atoms with Gasteiger partial charge < -0.3 is 24.6 Å². The van der Waals surface area contributed by atoms with Gasteiger partial charge in [-0.25, -0.2) is 4.79 Å². The maximum Gasteiger partial charge on any atom is 0.426 e. The van der Waals surface area contributed by atoms with Gasteiger partial charge in [0.2, 0.25) is 5.75 Å². The molecule has 0 bridgehead atoms. The first-order valence-electron chi connectivity index (χ1n) is 7.65. The van der Waals surface area contributed by atoms with E-state index in [2.05, 4.69) is 10.1 Å². The highest BCUT2D eigenvalue weighted by molar-refractivity contribution is 5.88. The van der Waals surface area contributed by atoms with Crippen molar-refractivity contribution in [3.8, 4) is 17.2 Å². The minimum Gasteiger partial charge on any atom is -0.502 e. The third-order valence-corrected chi connectivity index (χ3v) is 3.94. The van der Waals surface area contributed by atoms with E-state index in [0.29, 0.717) is 0 Å². The summed E-state index contributed by atoms with van der Waals surface area (Å²) in [6.45, 7) is 0. The molecule has 0 aromatic heterocycles. The maximum absolute atomic E-state index is 14.2. The number of anilines is 1. The van der Waals surface area contributed by atoms with E-state index < -0.39 is 29.0 Å². The summed E-state index contributed by atoms with van der Waals surface area (Å²) in [7, 11) is 3.18. The first-order valence-corrected chi connectivity index (χ1v) is 7.65. The molecule has 2 aromatic rings. The van der Waals surface area contributed by atoms with Gasteiger partial charge >= 0.3 is 12.1 Å². The Labute approximate surface area is 153 Å². The van der Waals surface area contributed by atoms with Crippen molar-refractivity contribution in [1.82, 2.24) is 0 Å². The van der Waals surface area contributed by atoms with Gasteiger partial charge in [-0.1, -0.05) is 18.2 Å². The van der Waals surface area contributed by atoms with E-state index in [-0.39, 0.29) is 17.2 Å². The molecule has 27 heavy (non-hydrogen) atoms. The molecule has 0 heterocycles. The molecule has 0 amide bonds. The van der Waals surface area contributed by atoms with Crippen LogP contribution >= 0.6 is 0 Å². The van der Waals surface area contributed by atoms with E-state index in [1.54, 1.807) is 6.07 Å². The summed E-state index contributed by atoms with van der Waals surface area (Å²) >= 11 is 0. The fraction of sp³-hybridized carbons (Fsp3) is 0.278. The number of ether oxygens (including phenoxy) is 3. The molecule has 0 aliphatic rings. The summed E-state index contributed by atoms with van der Waals surface area (Å²) in [5.41, 5.74) is -3.80. The number of nitrogens with one attached hydrogen (secondary N) is 1. The molecule has 0 saturated carbocycles. The number of carbonyl (C=O) groups is 1. The lowest BCUT2D eigenvalue weighted by Crippen LogP contribution is -2.55. The van der Waals surface area contributed by atoms with Gasteiger partial charge in [-0.2, -0.15) is 13.2 Å². The van der Waals surface area contributed by atoms with Crippen LogP contribution < -0.4 is 14.8 Å². The highest BCUT2D eigenvalue weighted by atomic mass is 19.4. The molecule has 146 valence electrons. The largest absolute Gasteiger partial charge is 0.502 e. The van der Waals surface area contributed by atoms with Crippen LogP contribution in [0.5, 0.6) is 17.2 Å². The number of alkyl halides is 3. The van der Waals surface area contributed by atoms with Crippen LogP contribution in [0.25, 0.3) is 0 Å². The number of benzene rings is 2. The summed E-state index contributed by atoms with van der Waals surface area (Å²) in [6, 6.07) is 9.19. The van der Waals surface area contributed by atoms with Crippen LogP contribution in [0.3, 0.4) is 0 Å². The molecule has 0 fully saturated rings. The van der Waals surface area contributed by atoms with Gasteiger partial charge in [0.25, 0.3) is 5.54 Å². The van der Waals surface area contributed by atoms with Crippen molar-refractivity contribution in [3.63, 3.8) is 0 Å². The average molecular weight is 385 g/mol. The van der Waals surface area contributed by atoms with Crippen LogP contribution in [0.1, 0.15) is 5.56 Å². The van der Waals surface area contributed by atoms with E-state index in [9.17, 15) is 23.1 Å². The number of aromatic hydroxyl groups is 1. The number of halogens is 3. The number of carbonyl (C=O) groups excluding carboxylic acids is 1. The lowest BCUT2D eigenvalue weighted by Gasteiger charge is -2.35. The second-order valence-corrected chi connectivity index (χ2v) is 5.46. The number of phenolic OH excluding ortho intramolecular Hbond substituents is 1. The Kier molecular flexibility index (Phi) is 5.72. The third kappa shape index (κ3) is 3.57. The zero-order chi connectivity index (χ0) is 20.2. The van der Waals surface area contributed by atoms with Crippen LogP contribution in [0.15, 0.2) is 42.5 Å². The normalized spacial score (nSPS) is 13.4. The zero-order valence-corrected chi connectivity index (χ0v) is 14.8. The Morgan fingerprint density at radius 1 is 1.00 bits per heavy atom. The quantitative estimate of drug-likeness (QED) is 0.742. The van der Waals surface area contributed by atoms with E-state index >= 15 is 0 Å². The topological polar surface area (TPSA) is 77.0 Å². The van der Waals surface area contributed by atoms with Gasteiger partial charge in [-0.05, 0) is 24.3 Å². The molecule has 2 N–H and O–H groups in total. The number of hydrogen-bond donors (Lipinski definition) is 2. The Morgan fingerprint density at radius 3 is 1.93 bits per heavy atom. The summed E-state index contributed by atoms with van der Waals surface area (Å²) in [5.74, 6) is -2.67. The van der Waals surface area contributed by atoms with Crippen molar-refractivity contribution in [2.45, 2.75) is 11.7 Å². The predicted octanol–water partition coefficient (Wildman–Crippen LogP) is 3.45. The van der Waals surface area contributed by atoms with Crippen molar-refractivity contribution in [3.05, 3.63) is 48.0 Å². The standard InChI is InChI=1S/C18H18F3NO5/c1-25-13-9-11(10-14(26-2)15(13)23)17(16(24)27-3,18(19,20)21)22-12-7-5-4-6-8-12/h4-10,22-23H,1-3H3/t17-/m0/s1. The summed E-state index contributed by atoms with van der Waals surface area (Å²) in [4.78, 5) is 12.4. The first-order chi connectivity index (χ1) is 12.7. The molecule has 0 aliphatic carbocycles. The summed E-state index contributed by atoms with van der Waals surface area (Å²) in [6.07, 6.45) is -5.11. The van der Waals surface area contributed by atoms with E-state index in [4.69, 9.17) is 9.47 Å². The molecule has 0 saturated heterocycles.